The van der Waals surface area contributed by atoms with Crippen molar-refractivity contribution in [1.29, 1.82) is 0 Å². The molecule has 108 valence electrons. The highest BCUT2D eigenvalue weighted by atomic mass is 19.1. The van der Waals surface area contributed by atoms with Crippen molar-refractivity contribution >= 4 is 23.3 Å². The van der Waals surface area contributed by atoms with Crippen LogP contribution in [0.25, 0.3) is 0 Å². The maximum Gasteiger partial charge on any atom is 0.340 e. The maximum atomic E-state index is 13.4. The number of nitrogen functional groups attached to an aromatic ring is 1. The molecule has 1 aliphatic rings. The first-order chi connectivity index (χ1) is 9.47. The summed E-state index contributed by atoms with van der Waals surface area (Å²) in [6, 6.07) is 2.02. The molecule has 1 fully saturated rings. The molecule has 0 spiro atoms. The summed E-state index contributed by atoms with van der Waals surface area (Å²) in [5.41, 5.74) is 5.11. The van der Waals surface area contributed by atoms with Crippen molar-refractivity contribution in [3.05, 3.63) is 23.5 Å². The monoisotopic (exact) mass is 281 g/mol. The second-order valence-electron chi connectivity index (χ2n) is 4.63. The van der Waals surface area contributed by atoms with Crippen LogP contribution in [0.2, 0.25) is 0 Å². The molecule has 0 aliphatic carbocycles. The zero-order chi connectivity index (χ0) is 14.9. The highest BCUT2D eigenvalue weighted by Crippen LogP contribution is 2.33. The Kier molecular flexibility index (Phi) is 3.78. The van der Waals surface area contributed by atoms with Crippen LogP contribution in [-0.4, -0.2) is 36.6 Å². The van der Waals surface area contributed by atoms with Gasteiger partial charge in [0.1, 0.15) is 17.4 Å². The molecule has 7 heteroatoms. The number of carbonyl (C=O) groups excluding carboxylic acids is 1. The van der Waals surface area contributed by atoms with Gasteiger partial charge in [0, 0.05) is 13.6 Å². The van der Waals surface area contributed by atoms with Crippen LogP contribution in [0.4, 0.5) is 15.8 Å². The molecular formula is C13H16FN3O3. The molecule has 2 rings (SSSR count). The lowest BCUT2D eigenvalue weighted by Crippen LogP contribution is -2.42. The Morgan fingerprint density at radius 1 is 1.50 bits per heavy atom. The number of nitrogens with one attached hydrogen (secondary N) is 1. The van der Waals surface area contributed by atoms with Gasteiger partial charge in [0.05, 0.1) is 11.4 Å². The molecule has 1 saturated heterocycles. The van der Waals surface area contributed by atoms with Crippen molar-refractivity contribution in [2.45, 2.75) is 18.9 Å². The van der Waals surface area contributed by atoms with Crippen molar-refractivity contribution in [2.24, 2.45) is 0 Å². The van der Waals surface area contributed by atoms with E-state index in [-0.39, 0.29) is 17.2 Å². The number of anilines is 2. The van der Waals surface area contributed by atoms with E-state index in [9.17, 15) is 19.1 Å². The number of aromatic carboxylic acids is 1. The van der Waals surface area contributed by atoms with E-state index in [1.165, 1.54) is 13.1 Å². The molecule has 1 unspecified atom stereocenters. The highest BCUT2D eigenvalue weighted by Gasteiger charge is 2.33. The molecule has 0 bridgehead atoms. The Labute approximate surface area is 115 Å². The second-order valence-corrected chi connectivity index (χ2v) is 4.63. The number of amides is 1. The van der Waals surface area contributed by atoms with E-state index in [0.29, 0.717) is 13.0 Å². The van der Waals surface area contributed by atoms with Crippen LogP contribution in [0, 0.1) is 5.82 Å². The average molecular weight is 281 g/mol. The first kappa shape index (κ1) is 14.1. The van der Waals surface area contributed by atoms with Crippen molar-refractivity contribution in [1.82, 2.24) is 5.32 Å². The van der Waals surface area contributed by atoms with Gasteiger partial charge in [-0.2, -0.15) is 0 Å². The fraction of sp³-hybridized carbons (Fsp3) is 0.385. The number of benzene rings is 1. The summed E-state index contributed by atoms with van der Waals surface area (Å²) in [4.78, 5) is 24.8. The van der Waals surface area contributed by atoms with Gasteiger partial charge in [-0.15, -0.1) is 0 Å². The lowest BCUT2D eigenvalue weighted by Gasteiger charge is -2.27. The van der Waals surface area contributed by atoms with Crippen molar-refractivity contribution in [2.75, 3.05) is 24.2 Å². The van der Waals surface area contributed by atoms with Crippen molar-refractivity contribution in [3.8, 4) is 0 Å². The number of likely N-dealkylation sites (N-methyl/N-ethyl adjacent to an activating group) is 1. The summed E-state index contributed by atoms with van der Waals surface area (Å²) in [6.45, 7) is 0.531. The summed E-state index contributed by atoms with van der Waals surface area (Å²) in [5.74, 6) is -2.27. The lowest BCUT2D eigenvalue weighted by molar-refractivity contribution is -0.121. The van der Waals surface area contributed by atoms with E-state index < -0.39 is 23.5 Å². The number of nitrogens with zero attached hydrogens (tertiary/aromatic N) is 1. The van der Waals surface area contributed by atoms with E-state index in [1.807, 2.05) is 0 Å². The zero-order valence-electron chi connectivity index (χ0n) is 11.0. The fourth-order valence-electron chi connectivity index (χ4n) is 2.54. The van der Waals surface area contributed by atoms with Crippen LogP contribution in [0.1, 0.15) is 23.2 Å². The summed E-state index contributed by atoms with van der Waals surface area (Å²) < 4.78 is 13.4. The van der Waals surface area contributed by atoms with Crippen LogP contribution in [0.3, 0.4) is 0 Å². The standard InChI is InChI=1S/C13H16FN3O3/c1-16-12(18)9-3-2-6-17(9)8-5-4-7(14)11(15)10(8)13(19)20/h4-5,9H,2-3,6,15H2,1H3,(H,16,18)(H,19,20). The maximum absolute atomic E-state index is 13.4. The van der Waals surface area contributed by atoms with Crippen LogP contribution in [0.5, 0.6) is 0 Å². The number of rotatable bonds is 3. The Bertz CT molecular complexity index is 562. The van der Waals surface area contributed by atoms with Crippen LogP contribution in [-0.2, 0) is 4.79 Å². The molecule has 1 amide bonds. The highest BCUT2D eigenvalue weighted by molar-refractivity contribution is 6.01. The molecular weight excluding hydrogens is 265 g/mol. The SMILES string of the molecule is CNC(=O)C1CCCN1c1ccc(F)c(N)c1C(=O)O. The second kappa shape index (κ2) is 5.36. The van der Waals surface area contributed by atoms with Crippen molar-refractivity contribution in [3.63, 3.8) is 0 Å². The molecule has 1 heterocycles. The number of carbonyl (C=O) groups is 2. The Balaban J connectivity index is 2.49. The van der Waals surface area contributed by atoms with E-state index in [0.717, 1.165) is 12.5 Å². The molecule has 1 aliphatic heterocycles. The molecule has 1 aromatic carbocycles. The smallest absolute Gasteiger partial charge is 0.340 e. The Morgan fingerprint density at radius 3 is 2.80 bits per heavy atom. The first-order valence-corrected chi connectivity index (χ1v) is 6.27. The molecule has 0 aromatic heterocycles. The van der Waals surface area contributed by atoms with Gasteiger partial charge in [-0.05, 0) is 25.0 Å². The summed E-state index contributed by atoms with van der Waals surface area (Å²) in [6.07, 6.45) is 1.38. The van der Waals surface area contributed by atoms with Gasteiger partial charge in [-0.25, -0.2) is 9.18 Å². The number of nitrogens with two attached hydrogens (primary N) is 1. The number of carboxylic acid groups (broad SMARTS) is 1. The first-order valence-electron chi connectivity index (χ1n) is 6.27. The Morgan fingerprint density at radius 2 is 2.20 bits per heavy atom. The minimum atomic E-state index is -1.31. The number of hydrogen-bond acceptors (Lipinski definition) is 4. The molecule has 6 nitrogen and oxygen atoms in total. The van der Waals surface area contributed by atoms with Gasteiger partial charge < -0.3 is 21.1 Å². The van der Waals surface area contributed by atoms with Gasteiger partial charge in [-0.3, -0.25) is 4.79 Å². The number of halogens is 1. The molecule has 0 radical (unpaired) electrons. The topological polar surface area (TPSA) is 95.7 Å². The number of hydrogen-bond donors (Lipinski definition) is 3. The van der Waals surface area contributed by atoms with E-state index in [1.54, 1.807) is 4.90 Å². The minimum absolute atomic E-state index is 0.193. The zero-order valence-corrected chi connectivity index (χ0v) is 11.0. The molecule has 1 atom stereocenters. The van der Waals surface area contributed by atoms with Gasteiger partial charge in [0.25, 0.3) is 0 Å². The van der Waals surface area contributed by atoms with E-state index >= 15 is 0 Å². The third kappa shape index (κ3) is 2.26. The largest absolute Gasteiger partial charge is 0.478 e. The average Bonchev–Trinajstić information content (AvgIpc) is 2.89. The van der Waals surface area contributed by atoms with E-state index in [4.69, 9.17) is 5.73 Å². The fourth-order valence-corrected chi connectivity index (χ4v) is 2.54. The van der Waals surface area contributed by atoms with Gasteiger partial charge >= 0.3 is 5.97 Å². The van der Waals surface area contributed by atoms with Crippen LogP contribution >= 0.6 is 0 Å². The van der Waals surface area contributed by atoms with Gasteiger partial charge in [0.15, 0.2) is 0 Å². The third-order valence-electron chi connectivity index (χ3n) is 3.50. The summed E-state index contributed by atoms with van der Waals surface area (Å²) in [7, 11) is 1.52. The lowest BCUT2D eigenvalue weighted by atomic mass is 10.1. The predicted molar refractivity (Wildman–Crippen MR) is 72.2 cm³/mol. The predicted octanol–water partition coefficient (Wildman–Crippen LogP) is 0.821. The summed E-state index contributed by atoms with van der Waals surface area (Å²) in [5, 5.41) is 11.8. The molecule has 4 N–H and O–H groups in total. The van der Waals surface area contributed by atoms with Gasteiger partial charge in [-0.1, -0.05) is 0 Å². The van der Waals surface area contributed by atoms with E-state index in [2.05, 4.69) is 5.32 Å². The van der Waals surface area contributed by atoms with Crippen molar-refractivity contribution < 1.29 is 19.1 Å². The summed E-state index contributed by atoms with van der Waals surface area (Å²) >= 11 is 0. The Hall–Kier alpha value is -2.31. The van der Waals surface area contributed by atoms with Crippen LogP contribution in [0.15, 0.2) is 12.1 Å². The third-order valence-corrected chi connectivity index (χ3v) is 3.50. The quantitative estimate of drug-likeness (QED) is 0.713. The molecule has 20 heavy (non-hydrogen) atoms. The normalized spacial score (nSPS) is 18.1. The molecule has 0 saturated carbocycles. The van der Waals surface area contributed by atoms with Crippen LogP contribution < -0.4 is 16.0 Å². The molecule has 1 aromatic rings. The minimum Gasteiger partial charge on any atom is -0.478 e. The van der Waals surface area contributed by atoms with Gasteiger partial charge in [0.2, 0.25) is 5.91 Å². The number of carboxylic acids is 1.